The van der Waals surface area contributed by atoms with E-state index in [1.54, 1.807) is 0 Å². The lowest BCUT2D eigenvalue weighted by Crippen LogP contribution is -2.26. The first-order valence-electron chi connectivity index (χ1n) is 9.16. The van der Waals surface area contributed by atoms with Crippen molar-refractivity contribution < 1.29 is 4.57 Å². The minimum atomic E-state index is -3.03. The molecule has 0 atom stereocenters. The topological polar surface area (TPSA) is 34.4 Å². The average Bonchev–Trinajstić information content (AvgIpc) is 3.16. The normalized spacial score (nSPS) is 13.6. The summed E-state index contributed by atoms with van der Waals surface area (Å²) in [5.41, 5.74) is 4.12. The van der Waals surface area contributed by atoms with Crippen molar-refractivity contribution in [3.63, 3.8) is 0 Å². The van der Waals surface area contributed by atoms with Gasteiger partial charge in [0.25, 0.3) is 0 Å². The third-order valence-corrected chi connectivity index (χ3v) is 8.06. The average molecular weight is 370 g/mol. The molecule has 132 valence electrons. The summed E-state index contributed by atoms with van der Waals surface area (Å²) in [6, 6.07) is 23.5. The fourth-order valence-electron chi connectivity index (χ4n) is 3.74. The molecular formula is C23H19N2OP. The van der Waals surface area contributed by atoms with E-state index in [2.05, 4.69) is 24.4 Å². The molecule has 0 amide bonds. The zero-order chi connectivity index (χ0) is 18.3. The number of hydrogen-bond acceptors (Lipinski definition) is 2. The summed E-state index contributed by atoms with van der Waals surface area (Å²) < 4.78 is 16.3. The molecule has 2 aromatic carbocycles. The molecule has 4 heteroatoms. The van der Waals surface area contributed by atoms with Crippen LogP contribution in [0, 0.1) is 0 Å². The van der Waals surface area contributed by atoms with Crippen LogP contribution in [-0.2, 0) is 11.0 Å². The molecule has 0 saturated carbocycles. The molecule has 1 aliphatic rings. The van der Waals surface area contributed by atoms with Crippen LogP contribution in [0.15, 0.2) is 85.1 Å². The fraction of sp³-hybridized carbons (Fsp3) is 0.0870. The second-order valence-electron chi connectivity index (χ2n) is 6.85. The van der Waals surface area contributed by atoms with Crippen molar-refractivity contribution in [3.05, 3.63) is 96.2 Å². The van der Waals surface area contributed by atoms with Gasteiger partial charge in [-0.3, -0.25) is 0 Å². The van der Waals surface area contributed by atoms with Crippen molar-refractivity contribution in [1.29, 1.82) is 0 Å². The van der Waals surface area contributed by atoms with Crippen LogP contribution in [0.25, 0.3) is 11.6 Å². The molecule has 2 heterocycles. The molecule has 5 rings (SSSR count). The van der Waals surface area contributed by atoms with E-state index in [0.717, 1.165) is 29.0 Å². The molecule has 1 aliphatic carbocycles. The standard InChI is InChI=1S/C23H19N2OP/c26-27(21-11-3-1-4-12-21,22-13-5-2-6-14-22)23-16-20-15-18-9-7-8-10-19(18)17-25(20)24-23/h1-7,9,11-17H,8,10H2. The maximum Gasteiger partial charge on any atom is 0.190 e. The summed E-state index contributed by atoms with van der Waals surface area (Å²) in [5.74, 6) is 0. The van der Waals surface area contributed by atoms with Crippen LogP contribution in [0.5, 0.6) is 0 Å². The highest BCUT2D eigenvalue weighted by atomic mass is 31.2. The molecule has 0 N–H and O–H groups in total. The van der Waals surface area contributed by atoms with Gasteiger partial charge in [0.15, 0.2) is 7.14 Å². The number of nitrogens with zero attached hydrogens (tertiary/aromatic N) is 2. The molecule has 0 spiro atoms. The lowest BCUT2D eigenvalue weighted by atomic mass is 9.99. The monoisotopic (exact) mass is 370 g/mol. The SMILES string of the molecule is O=P(c1ccccc1)(c1ccccc1)c1cc2cc3c(cn2n1)CCC=C3. The molecule has 0 fully saturated rings. The molecule has 0 aliphatic heterocycles. The number of fused-ring (bicyclic) bond motifs is 2. The van der Waals surface area contributed by atoms with Gasteiger partial charge < -0.3 is 4.57 Å². The van der Waals surface area contributed by atoms with E-state index in [-0.39, 0.29) is 0 Å². The zero-order valence-electron chi connectivity index (χ0n) is 14.8. The molecule has 2 aromatic heterocycles. The number of hydrogen-bond donors (Lipinski definition) is 0. The Morgan fingerprint density at radius 2 is 1.56 bits per heavy atom. The molecule has 0 saturated heterocycles. The first-order valence-corrected chi connectivity index (χ1v) is 10.9. The van der Waals surface area contributed by atoms with Crippen LogP contribution >= 0.6 is 7.14 Å². The third-order valence-electron chi connectivity index (χ3n) is 5.14. The Balaban J connectivity index is 1.75. The number of pyridine rings is 1. The van der Waals surface area contributed by atoms with Gasteiger partial charge >= 0.3 is 0 Å². The minimum absolute atomic E-state index is 0.631. The Morgan fingerprint density at radius 1 is 0.889 bits per heavy atom. The molecular weight excluding hydrogens is 351 g/mol. The predicted octanol–water partition coefficient (Wildman–Crippen LogP) is 3.93. The Labute approximate surface area is 158 Å². The van der Waals surface area contributed by atoms with Crippen molar-refractivity contribution in [1.82, 2.24) is 9.61 Å². The van der Waals surface area contributed by atoms with E-state index < -0.39 is 7.14 Å². The van der Waals surface area contributed by atoms with Crippen LogP contribution in [0.3, 0.4) is 0 Å². The van der Waals surface area contributed by atoms with Crippen LogP contribution in [0.2, 0.25) is 0 Å². The van der Waals surface area contributed by atoms with E-state index in [9.17, 15) is 4.57 Å². The van der Waals surface area contributed by atoms with Gasteiger partial charge in [0.2, 0.25) is 0 Å². The van der Waals surface area contributed by atoms with E-state index in [4.69, 9.17) is 5.10 Å². The van der Waals surface area contributed by atoms with Gasteiger partial charge in [0, 0.05) is 16.8 Å². The van der Waals surface area contributed by atoms with Crippen LogP contribution in [0.4, 0.5) is 0 Å². The minimum Gasteiger partial charge on any atom is -0.307 e. The van der Waals surface area contributed by atoms with Gasteiger partial charge in [-0.25, -0.2) is 4.52 Å². The van der Waals surface area contributed by atoms with Gasteiger partial charge in [-0.1, -0.05) is 72.8 Å². The Bertz CT molecular complexity index is 1150. The van der Waals surface area contributed by atoms with Gasteiger partial charge in [0.05, 0.1) is 5.52 Å². The van der Waals surface area contributed by atoms with Crippen molar-refractivity contribution in [2.45, 2.75) is 12.8 Å². The summed E-state index contributed by atoms with van der Waals surface area (Å²) in [5, 5.41) is 6.39. The number of rotatable bonds is 3. The van der Waals surface area contributed by atoms with Gasteiger partial charge in [-0.2, -0.15) is 5.10 Å². The molecule has 0 bridgehead atoms. The summed E-state index contributed by atoms with van der Waals surface area (Å²) in [6.45, 7) is 0. The van der Waals surface area contributed by atoms with Crippen molar-refractivity contribution in [2.75, 3.05) is 0 Å². The van der Waals surface area contributed by atoms with Crippen LogP contribution in [0.1, 0.15) is 17.5 Å². The number of aromatic nitrogens is 2. The third kappa shape index (κ3) is 2.67. The number of aryl methyl sites for hydroxylation is 1. The number of benzene rings is 2. The first kappa shape index (κ1) is 16.3. The Morgan fingerprint density at radius 3 is 2.22 bits per heavy atom. The van der Waals surface area contributed by atoms with Crippen molar-refractivity contribution >= 4 is 34.8 Å². The summed E-state index contributed by atoms with van der Waals surface area (Å²) >= 11 is 0. The lowest BCUT2D eigenvalue weighted by Gasteiger charge is -2.16. The smallest absolute Gasteiger partial charge is 0.190 e. The Hall–Kier alpha value is -2.90. The highest BCUT2D eigenvalue weighted by Gasteiger charge is 2.32. The summed E-state index contributed by atoms with van der Waals surface area (Å²) in [7, 11) is -3.03. The zero-order valence-corrected chi connectivity index (χ0v) is 15.7. The highest BCUT2D eigenvalue weighted by molar-refractivity contribution is 7.85. The predicted molar refractivity (Wildman–Crippen MR) is 112 cm³/mol. The fourth-order valence-corrected chi connectivity index (χ4v) is 6.28. The van der Waals surface area contributed by atoms with Gasteiger partial charge in [0.1, 0.15) is 5.44 Å². The molecule has 4 aromatic rings. The summed E-state index contributed by atoms with van der Waals surface area (Å²) in [4.78, 5) is 0. The van der Waals surface area contributed by atoms with Crippen molar-refractivity contribution in [2.24, 2.45) is 0 Å². The molecule has 0 unspecified atom stereocenters. The Kier molecular flexibility index (Phi) is 3.84. The largest absolute Gasteiger partial charge is 0.307 e. The number of allylic oxidation sites excluding steroid dienone is 1. The highest BCUT2D eigenvalue weighted by Crippen LogP contribution is 2.42. The second-order valence-corrected chi connectivity index (χ2v) is 9.56. The van der Waals surface area contributed by atoms with E-state index in [1.165, 1.54) is 11.1 Å². The van der Waals surface area contributed by atoms with E-state index in [0.29, 0.717) is 5.44 Å². The van der Waals surface area contributed by atoms with Crippen LogP contribution in [-0.4, -0.2) is 9.61 Å². The molecule has 0 radical (unpaired) electrons. The van der Waals surface area contributed by atoms with E-state index >= 15 is 0 Å². The lowest BCUT2D eigenvalue weighted by molar-refractivity contribution is 0.592. The first-order chi connectivity index (χ1) is 13.2. The summed E-state index contributed by atoms with van der Waals surface area (Å²) in [6.07, 6.45) is 8.53. The maximum absolute atomic E-state index is 14.4. The molecule has 3 nitrogen and oxygen atoms in total. The van der Waals surface area contributed by atoms with E-state index in [1.807, 2.05) is 71.2 Å². The quantitative estimate of drug-likeness (QED) is 0.512. The molecule has 27 heavy (non-hydrogen) atoms. The van der Waals surface area contributed by atoms with Gasteiger partial charge in [-0.05, 0) is 36.1 Å². The maximum atomic E-state index is 14.4. The van der Waals surface area contributed by atoms with Gasteiger partial charge in [-0.15, -0.1) is 0 Å². The van der Waals surface area contributed by atoms with Crippen LogP contribution < -0.4 is 16.0 Å². The second kappa shape index (κ2) is 6.37. The van der Waals surface area contributed by atoms with Crippen molar-refractivity contribution in [3.8, 4) is 0 Å².